The first-order valence-electron chi connectivity index (χ1n) is 8.52. The monoisotopic (exact) mass is 400 g/mol. The fourth-order valence-corrected chi connectivity index (χ4v) is 3.49. The molecule has 1 aliphatic carbocycles. The zero-order valence-corrected chi connectivity index (χ0v) is 15.7. The molecule has 0 radical (unpaired) electrons. The van der Waals surface area contributed by atoms with Gasteiger partial charge in [-0.1, -0.05) is 30.3 Å². The second-order valence-corrected chi connectivity index (χ2v) is 7.22. The summed E-state index contributed by atoms with van der Waals surface area (Å²) >= 11 is 3.35. The Morgan fingerprint density at radius 2 is 1.72 bits per heavy atom. The van der Waals surface area contributed by atoms with Crippen LogP contribution in [0.15, 0.2) is 46.9 Å². The Hall–Kier alpha value is -2.14. The molecule has 2 aromatic rings. The van der Waals surface area contributed by atoms with Crippen LogP contribution < -0.4 is 10.6 Å². The van der Waals surface area contributed by atoms with E-state index < -0.39 is 11.8 Å². The molecular weight excluding hydrogens is 380 g/mol. The Balaban J connectivity index is 1.64. The highest BCUT2D eigenvalue weighted by molar-refractivity contribution is 9.10. The van der Waals surface area contributed by atoms with Gasteiger partial charge in [-0.25, -0.2) is 0 Å². The molecule has 130 valence electrons. The van der Waals surface area contributed by atoms with Crippen LogP contribution in [-0.2, 0) is 22.4 Å². The van der Waals surface area contributed by atoms with Gasteiger partial charge < -0.3 is 10.6 Å². The molecule has 0 aliphatic heterocycles. The van der Waals surface area contributed by atoms with E-state index in [1.165, 1.54) is 24.0 Å². The van der Waals surface area contributed by atoms with E-state index in [-0.39, 0.29) is 6.04 Å². The zero-order valence-electron chi connectivity index (χ0n) is 14.1. The molecule has 25 heavy (non-hydrogen) atoms. The summed E-state index contributed by atoms with van der Waals surface area (Å²) in [6.07, 6.45) is 4.68. The lowest BCUT2D eigenvalue weighted by molar-refractivity contribution is -0.136. The maximum absolute atomic E-state index is 12.2. The number of rotatable bonds is 3. The fraction of sp³-hybridized carbons (Fsp3) is 0.300. The van der Waals surface area contributed by atoms with Crippen LogP contribution in [-0.4, -0.2) is 11.8 Å². The normalized spacial score (nSPS) is 14.3. The van der Waals surface area contributed by atoms with Crippen molar-refractivity contribution < 1.29 is 9.59 Å². The maximum Gasteiger partial charge on any atom is 0.313 e. The van der Waals surface area contributed by atoms with Crippen molar-refractivity contribution in [2.24, 2.45) is 0 Å². The largest absolute Gasteiger partial charge is 0.341 e. The van der Waals surface area contributed by atoms with E-state index in [0.29, 0.717) is 5.69 Å². The molecule has 0 saturated carbocycles. The molecular formula is C20H21BrN2O2. The van der Waals surface area contributed by atoms with Gasteiger partial charge in [-0.15, -0.1) is 0 Å². The van der Waals surface area contributed by atoms with Crippen molar-refractivity contribution in [3.05, 3.63) is 63.6 Å². The fourth-order valence-electron chi connectivity index (χ4n) is 3.11. The van der Waals surface area contributed by atoms with E-state index in [9.17, 15) is 9.59 Å². The van der Waals surface area contributed by atoms with Gasteiger partial charge in [0.1, 0.15) is 0 Å². The average Bonchev–Trinajstić information content (AvgIpc) is 2.63. The van der Waals surface area contributed by atoms with E-state index in [1.54, 1.807) is 12.1 Å². The molecule has 2 aromatic carbocycles. The highest BCUT2D eigenvalue weighted by Gasteiger charge is 2.19. The number of fused-ring (bicyclic) bond motifs is 1. The molecule has 0 heterocycles. The minimum absolute atomic E-state index is 0.218. The van der Waals surface area contributed by atoms with Crippen LogP contribution in [0.25, 0.3) is 0 Å². The minimum atomic E-state index is -0.670. The number of nitrogens with one attached hydrogen (secondary N) is 2. The number of amides is 2. The number of halogens is 1. The van der Waals surface area contributed by atoms with E-state index in [0.717, 1.165) is 22.9 Å². The summed E-state index contributed by atoms with van der Waals surface area (Å²) in [5.74, 6) is -1.31. The van der Waals surface area contributed by atoms with Crippen LogP contribution in [0, 0.1) is 0 Å². The molecule has 0 aromatic heterocycles. The molecule has 1 unspecified atom stereocenters. The number of hydrogen-bond acceptors (Lipinski definition) is 2. The van der Waals surface area contributed by atoms with Crippen molar-refractivity contribution in [2.45, 2.75) is 38.6 Å². The van der Waals surface area contributed by atoms with E-state index >= 15 is 0 Å². The Bertz CT molecular complexity index is 804. The molecule has 0 bridgehead atoms. The molecule has 1 aliphatic rings. The van der Waals surface area contributed by atoms with Crippen molar-refractivity contribution >= 4 is 33.4 Å². The third kappa shape index (κ3) is 4.28. The van der Waals surface area contributed by atoms with Crippen LogP contribution in [0.4, 0.5) is 5.69 Å². The van der Waals surface area contributed by atoms with Gasteiger partial charge in [0.2, 0.25) is 0 Å². The molecule has 0 saturated heterocycles. The first-order chi connectivity index (χ1) is 12.0. The number of para-hydroxylation sites is 1. The summed E-state index contributed by atoms with van der Waals surface area (Å²) in [4.78, 5) is 24.3. The second kappa shape index (κ2) is 7.83. The number of carbonyl (C=O) groups is 2. The van der Waals surface area contributed by atoms with Crippen LogP contribution in [0.1, 0.15) is 42.5 Å². The standard InChI is InChI=1S/C20H21BrN2O2/c1-13(15-11-10-14-6-2-3-7-16(14)12-15)22-19(24)20(25)23-18-9-5-4-8-17(18)21/h4-5,8-13H,2-3,6-7H2,1H3,(H,22,24)(H,23,25). The van der Waals surface area contributed by atoms with Gasteiger partial charge in [-0.2, -0.15) is 0 Å². The van der Waals surface area contributed by atoms with Gasteiger partial charge >= 0.3 is 11.8 Å². The van der Waals surface area contributed by atoms with Crippen molar-refractivity contribution in [1.29, 1.82) is 0 Å². The Labute approximate surface area is 156 Å². The summed E-state index contributed by atoms with van der Waals surface area (Å²) < 4.78 is 0.735. The van der Waals surface area contributed by atoms with Crippen molar-refractivity contribution in [1.82, 2.24) is 5.32 Å². The first kappa shape index (κ1) is 17.7. The highest BCUT2D eigenvalue weighted by atomic mass is 79.9. The third-order valence-electron chi connectivity index (χ3n) is 4.55. The van der Waals surface area contributed by atoms with Gasteiger partial charge in [0.05, 0.1) is 11.7 Å². The van der Waals surface area contributed by atoms with E-state index in [2.05, 4.69) is 38.7 Å². The number of anilines is 1. The van der Waals surface area contributed by atoms with Crippen LogP contribution >= 0.6 is 15.9 Å². The second-order valence-electron chi connectivity index (χ2n) is 6.36. The lowest BCUT2D eigenvalue weighted by atomic mass is 9.89. The molecule has 5 heteroatoms. The quantitative estimate of drug-likeness (QED) is 0.760. The SMILES string of the molecule is CC(NC(=O)C(=O)Nc1ccccc1Br)c1ccc2c(c1)CCCC2. The number of carbonyl (C=O) groups excluding carboxylic acids is 2. The lowest BCUT2D eigenvalue weighted by Crippen LogP contribution is -2.37. The summed E-state index contributed by atoms with van der Waals surface area (Å²) in [7, 11) is 0. The smallest absolute Gasteiger partial charge is 0.313 e. The minimum Gasteiger partial charge on any atom is -0.341 e. The van der Waals surface area contributed by atoms with Gasteiger partial charge in [0.25, 0.3) is 0 Å². The van der Waals surface area contributed by atoms with E-state index in [1.807, 2.05) is 25.1 Å². The Morgan fingerprint density at radius 3 is 2.48 bits per heavy atom. The van der Waals surface area contributed by atoms with Crippen molar-refractivity contribution in [3.63, 3.8) is 0 Å². The zero-order chi connectivity index (χ0) is 17.8. The van der Waals surface area contributed by atoms with Crippen molar-refractivity contribution in [3.8, 4) is 0 Å². The predicted octanol–water partition coefficient (Wildman–Crippen LogP) is 4.14. The van der Waals surface area contributed by atoms with Gasteiger partial charge in [0, 0.05) is 4.47 Å². The van der Waals surface area contributed by atoms with Gasteiger partial charge in [-0.3, -0.25) is 9.59 Å². The Kier molecular flexibility index (Phi) is 5.53. The molecule has 2 N–H and O–H groups in total. The molecule has 4 nitrogen and oxygen atoms in total. The Morgan fingerprint density at radius 1 is 1.00 bits per heavy atom. The molecule has 3 rings (SSSR count). The molecule has 0 fully saturated rings. The first-order valence-corrected chi connectivity index (χ1v) is 9.32. The maximum atomic E-state index is 12.2. The lowest BCUT2D eigenvalue weighted by Gasteiger charge is -2.20. The third-order valence-corrected chi connectivity index (χ3v) is 5.24. The van der Waals surface area contributed by atoms with E-state index in [4.69, 9.17) is 0 Å². The molecule has 1 atom stereocenters. The predicted molar refractivity (Wildman–Crippen MR) is 102 cm³/mol. The van der Waals surface area contributed by atoms with Gasteiger partial charge in [-0.05, 0) is 77.4 Å². The number of benzene rings is 2. The molecule has 0 spiro atoms. The van der Waals surface area contributed by atoms with Gasteiger partial charge in [0.15, 0.2) is 0 Å². The number of aryl methyl sites for hydroxylation is 2. The topological polar surface area (TPSA) is 58.2 Å². The summed E-state index contributed by atoms with van der Waals surface area (Å²) in [5.41, 5.74) is 4.37. The summed E-state index contributed by atoms with van der Waals surface area (Å²) in [5, 5.41) is 5.40. The van der Waals surface area contributed by atoms with Crippen molar-refractivity contribution in [2.75, 3.05) is 5.32 Å². The highest BCUT2D eigenvalue weighted by Crippen LogP contribution is 2.25. The van der Waals surface area contributed by atoms with Crippen LogP contribution in [0.2, 0.25) is 0 Å². The summed E-state index contributed by atoms with van der Waals surface area (Å²) in [6.45, 7) is 1.90. The van der Waals surface area contributed by atoms with Crippen LogP contribution in [0.3, 0.4) is 0 Å². The van der Waals surface area contributed by atoms with Crippen LogP contribution in [0.5, 0.6) is 0 Å². The average molecular weight is 401 g/mol. The summed E-state index contributed by atoms with van der Waals surface area (Å²) in [6, 6.07) is 13.3. The molecule has 2 amide bonds. The number of hydrogen-bond donors (Lipinski definition) is 2.